The van der Waals surface area contributed by atoms with Crippen molar-refractivity contribution in [2.75, 3.05) is 29.9 Å². The van der Waals surface area contributed by atoms with Crippen LogP contribution in [-0.4, -0.2) is 46.8 Å². The fourth-order valence-corrected chi connectivity index (χ4v) is 4.46. The lowest BCUT2D eigenvalue weighted by molar-refractivity contribution is 0.184. The molecule has 4 aromatic rings. The van der Waals surface area contributed by atoms with Crippen molar-refractivity contribution in [3.63, 3.8) is 0 Å². The Kier molecular flexibility index (Phi) is 7.32. The van der Waals surface area contributed by atoms with E-state index in [1.54, 1.807) is 4.90 Å². The average Bonchev–Trinajstić information content (AvgIpc) is 2.89. The molecule has 3 aromatic carbocycles. The van der Waals surface area contributed by atoms with Gasteiger partial charge in [0.1, 0.15) is 11.5 Å². The second-order valence-electron chi connectivity index (χ2n) is 8.51. The molecule has 0 saturated carbocycles. The van der Waals surface area contributed by atoms with Gasteiger partial charge in [0, 0.05) is 42.0 Å². The molecule has 5 rings (SSSR count). The number of hydrogen-bond donors (Lipinski definition) is 1. The lowest BCUT2D eigenvalue weighted by atomic mass is 10.0. The molecular weight excluding hydrogens is 479 g/mol. The van der Waals surface area contributed by atoms with Crippen LogP contribution in [0, 0.1) is 17.1 Å². The maximum atomic E-state index is 14.2. The quantitative estimate of drug-likeness (QED) is 0.401. The molecule has 7 nitrogen and oxygen atoms in total. The minimum Gasteiger partial charge on any atom is -0.351 e. The number of halogens is 2. The van der Waals surface area contributed by atoms with Gasteiger partial charge in [-0.15, -0.1) is 22.6 Å². The highest BCUT2D eigenvalue weighted by Gasteiger charge is 2.30. The highest BCUT2D eigenvalue weighted by Crippen LogP contribution is 2.32. The van der Waals surface area contributed by atoms with E-state index in [2.05, 4.69) is 26.5 Å². The molecule has 0 spiro atoms. The van der Waals surface area contributed by atoms with Gasteiger partial charge in [-0.05, 0) is 25.1 Å². The van der Waals surface area contributed by atoms with Gasteiger partial charge in [-0.2, -0.15) is 5.26 Å². The van der Waals surface area contributed by atoms with Gasteiger partial charge in [0.2, 0.25) is 0 Å². The van der Waals surface area contributed by atoms with E-state index in [4.69, 9.17) is 5.26 Å². The fourth-order valence-electron chi connectivity index (χ4n) is 4.46. The molecule has 182 valence electrons. The summed E-state index contributed by atoms with van der Waals surface area (Å²) in [6.07, 6.45) is 0. The van der Waals surface area contributed by atoms with Crippen LogP contribution in [0.25, 0.3) is 22.0 Å². The summed E-state index contributed by atoms with van der Waals surface area (Å²) in [4.78, 5) is 16.7. The first-order valence-corrected chi connectivity index (χ1v) is 11.4. The molecule has 1 atom stereocenters. The Bertz CT molecular complexity index is 1440. The van der Waals surface area contributed by atoms with Gasteiger partial charge in [-0.25, -0.2) is 9.18 Å². The third-order valence-corrected chi connectivity index (χ3v) is 6.24. The summed E-state index contributed by atoms with van der Waals surface area (Å²) in [7, 11) is 0. The highest BCUT2D eigenvalue weighted by atomic mass is 35.5. The Labute approximate surface area is 214 Å². The van der Waals surface area contributed by atoms with Crippen LogP contribution < -0.4 is 10.2 Å². The van der Waals surface area contributed by atoms with Gasteiger partial charge in [0.05, 0.1) is 17.3 Å². The molecule has 1 N–H and O–H groups in total. The summed E-state index contributed by atoms with van der Waals surface area (Å²) in [6, 6.07) is 23.4. The number of nitriles is 1. The zero-order chi connectivity index (χ0) is 24.4. The minimum atomic E-state index is -0.635. The van der Waals surface area contributed by atoms with E-state index in [0.29, 0.717) is 19.6 Å². The van der Waals surface area contributed by atoms with Crippen molar-refractivity contribution in [2.45, 2.75) is 13.0 Å². The van der Waals surface area contributed by atoms with Crippen LogP contribution in [0.2, 0.25) is 0 Å². The number of carbonyl (C=O) groups is 1. The summed E-state index contributed by atoms with van der Waals surface area (Å²) in [6.45, 7) is 3.53. The number of rotatable bonds is 3. The molecule has 36 heavy (non-hydrogen) atoms. The molecule has 1 saturated heterocycles. The monoisotopic (exact) mass is 502 g/mol. The summed E-state index contributed by atoms with van der Waals surface area (Å²) in [5.74, 6) is 0.147. The molecule has 1 unspecified atom stereocenters. The summed E-state index contributed by atoms with van der Waals surface area (Å²) in [5.41, 5.74) is 2.10. The number of urea groups is 1. The molecule has 1 aliphatic heterocycles. The molecule has 1 fully saturated rings. The van der Waals surface area contributed by atoms with Gasteiger partial charge in [-0.3, -0.25) is 0 Å². The van der Waals surface area contributed by atoms with Crippen LogP contribution >= 0.6 is 12.4 Å². The lowest BCUT2D eigenvalue weighted by Crippen LogP contribution is -2.55. The Balaban J connectivity index is 0.00000304. The first-order valence-electron chi connectivity index (χ1n) is 11.4. The Morgan fingerprint density at radius 3 is 2.44 bits per heavy atom. The fraction of sp³-hybridized carbons (Fsp3) is 0.185. The highest BCUT2D eigenvalue weighted by molar-refractivity contribution is 6.00. The first-order chi connectivity index (χ1) is 17.0. The van der Waals surface area contributed by atoms with Crippen LogP contribution in [-0.2, 0) is 0 Å². The Morgan fingerprint density at radius 1 is 1.03 bits per heavy atom. The van der Waals surface area contributed by atoms with Crippen LogP contribution in [0.1, 0.15) is 12.5 Å². The topological polar surface area (TPSA) is 85.2 Å². The number of nitrogens with zero attached hydrogens (tertiary/aromatic N) is 5. The minimum absolute atomic E-state index is 0. The summed E-state index contributed by atoms with van der Waals surface area (Å²) >= 11 is 0. The molecule has 1 aromatic heterocycles. The SMILES string of the molecule is CC1CN(c2nnc(-c3ccccc3)c3ccccc23)CCN1C(=O)Nc1ccc(C#N)cc1F.Cl. The standard InChI is InChI=1S/C27H23FN6O.ClH/c1-18-17-33(13-14-34(18)27(35)30-24-12-11-19(16-29)15-23(24)28)26-22-10-6-5-9-21(22)25(31-32-26)20-7-3-2-4-8-20;/h2-12,15,18H,13-14,17H2,1H3,(H,30,35);1H. The van der Waals surface area contributed by atoms with Gasteiger partial charge in [0.15, 0.2) is 5.82 Å². The number of amides is 2. The number of piperazine rings is 1. The van der Waals surface area contributed by atoms with Crippen molar-refractivity contribution in [3.8, 4) is 17.3 Å². The predicted octanol–water partition coefficient (Wildman–Crippen LogP) is 5.47. The van der Waals surface area contributed by atoms with Gasteiger partial charge in [-0.1, -0.05) is 54.6 Å². The van der Waals surface area contributed by atoms with Crippen LogP contribution in [0.15, 0.2) is 72.8 Å². The molecule has 0 aliphatic carbocycles. The number of aromatic nitrogens is 2. The van der Waals surface area contributed by atoms with E-state index in [0.717, 1.165) is 33.9 Å². The molecule has 0 bridgehead atoms. The molecular formula is C27H24ClFN6O. The zero-order valence-electron chi connectivity index (χ0n) is 19.6. The van der Waals surface area contributed by atoms with E-state index in [-0.39, 0.29) is 35.7 Å². The van der Waals surface area contributed by atoms with Crippen molar-refractivity contribution in [1.29, 1.82) is 5.26 Å². The van der Waals surface area contributed by atoms with Crippen LogP contribution in [0.3, 0.4) is 0 Å². The number of fused-ring (bicyclic) bond motifs is 1. The first kappa shape index (κ1) is 24.9. The van der Waals surface area contributed by atoms with Crippen molar-refractivity contribution < 1.29 is 9.18 Å². The molecule has 2 amide bonds. The number of benzene rings is 3. The van der Waals surface area contributed by atoms with E-state index >= 15 is 0 Å². The van der Waals surface area contributed by atoms with Gasteiger partial charge in [0.25, 0.3) is 0 Å². The van der Waals surface area contributed by atoms with Crippen molar-refractivity contribution >= 4 is 40.7 Å². The molecule has 9 heteroatoms. The molecule has 2 heterocycles. The van der Waals surface area contributed by atoms with Gasteiger partial charge < -0.3 is 15.1 Å². The molecule has 0 radical (unpaired) electrons. The van der Waals surface area contributed by atoms with Crippen molar-refractivity contribution in [2.24, 2.45) is 0 Å². The summed E-state index contributed by atoms with van der Waals surface area (Å²) < 4.78 is 14.2. The molecule has 1 aliphatic rings. The smallest absolute Gasteiger partial charge is 0.322 e. The van der Waals surface area contributed by atoms with Gasteiger partial charge >= 0.3 is 6.03 Å². The maximum absolute atomic E-state index is 14.2. The van der Waals surface area contributed by atoms with E-state index < -0.39 is 5.82 Å². The van der Waals surface area contributed by atoms with E-state index in [9.17, 15) is 9.18 Å². The van der Waals surface area contributed by atoms with Crippen molar-refractivity contribution in [1.82, 2.24) is 15.1 Å². The third kappa shape index (κ3) is 4.79. The average molecular weight is 503 g/mol. The normalized spacial score (nSPS) is 15.2. The van der Waals surface area contributed by atoms with Crippen molar-refractivity contribution in [3.05, 3.63) is 84.2 Å². The van der Waals surface area contributed by atoms with E-state index in [1.807, 2.05) is 61.5 Å². The number of anilines is 2. The number of hydrogen-bond acceptors (Lipinski definition) is 5. The Morgan fingerprint density at radius 2 is 1.75 bits per heavy atom. The van der Waals surface area contributed by atoms with E-state index in [1.165, 1.54) is 12.1 Å². The number of carbonyl (C=O) groups excluding carboxylic acids is 1. The Hall–Kier alpha value is -4.22. The second kappa shape index (κ2) is 10.6. The largest absolute Gasteiger partial charge is 0.351 e. The maximum Gasteiger partial charge on any atom is 0.322 e. The van der Waals surface area contributed by atoms with Crippen LogP contribution in [0.5, 0.6) is 0 Å². The van der Waals surface area contributed by atoms with Crippen LogP contribution in [0.4, 0.5) is 20.7 Å². The second-order valence-corrected chi connectivity index (χ2v) is 8.51. The predicted molar refractivity (Wildman–Crippen MR) is 141 cm³/mol. The number of nitrogens with one attached hydrogen (secondary N) is 1. The third-order valence-electron chi connectivity index (χ3n) is 6.24. The zero-order valence-corrected chi connectivity index (χ0v) is 20.4. The summed E-state index contributed by atoms with van der Waals surface area (Å²) in [5, 5.41) is 22.7. The lowest BCUT2D eigenvalue weighted by Gasteiger charge is -2.40.